The molecule has 18 heteroatoms. The molecule has 2 aliphatic rings. The number of hydrogen-bond donors (Lipinski definition) is 4. The van der Waals surface area contributed by atoms with Gasteiger partial charge in [-0.1, -0.05) is 102 Å². The van der Waals surface area contributed by atoms with Crippen molar-refractivity contribution in [1.82, 2.24) is 41.0 Å². The van der Waals surface area contributed by atoms with Gasteiger partial charge in [0, 0.05) is 31.9 Å². The minimum absolute atomic E-state index is 0.0356. The van der Waals surface area contributed by atoms with Gasteiger partial charge in [0.1, 0.15) is 29.9 Å². The summed E-state index contributed by atoms with van der Waals surface area (Å²) in [4.78, 5) is 107. The molecule has 3 aromatic carbocycles. The van der Waals surface area contributed by atoms with Gasteiger partial charge in [-0.25, -0.2) is 9.78 Å². The Hall–Kier alpha value is -6.85. The van der Waals surface area contributed by atoms with Crippen LogP contribution in [0.5, 0.6) is 0 Å². The van der Waals surface area contributed by atoms with Gasteiger partial charge in [0.15, 0.2) is 0 Å². The molecule has 4 N–H and O–H groups in total. The average molecular weight is 925 g/mol. The van der Waals surface area contributed by atoms with Crippen molar-refractivity contribution in [1.29, 1.82) is 0 Å². The second-order valence-corrected chi connectivity index (χ2v) is 17.8. The molecule has 6 rings (SSSR count). The fourth-order valence-electron chi connectivity index (χ4n) is 8.35. The zero-order valence-corrected chi connectivity index (χ0v) is 38.5. The third-order valence-corrected chi connectivity index (χ3v) is 12.2. The number of fused-ring (bicyclic) bond motifs is 2. The highest BCUT2D eigenvalue weighted by Crippen LogP contribution is 2.28. The summed E-state index contributed by atoms with van der Waals surface area (Å²) in [5, 5.41) is 11.8. The molecule has 0 bridgehead atoms. The molecule has 1 saturated heterocycles. The van der Waals surface area contributed by atoms with Crippen molar-refractivity contribution in [3.8, 4) is 0 Å². The zero-order valence-electron chi connectivity index (χ0n) is 38.5. The van der Waals surface area contributed by atoms with E-state index >= 15 is 8.78 Å². The number of ketones is 1. The summed E-state index contributed by atoms with van der Waals surface area (Å²) in [6.45, 7) is 10.1. The van der Waals surface area contributed by atoms with Crippen LogP contribution in [0, 0.1) is 11.8 Å². The lowest BCUT2D eigenvalue weighted by Crippen LogP contribution is -2.60. The number of Topliss-reactive ketones (excluding diaryl/α,β-unsaturated/α-hetero) is 1. The number of alkyl halides is 2. The Morgan fingerprint density at radius 2 is 1.51 bits per heavy atom. The highest BCUT2D eigenvalue weighted by Gasteiger charge is 2.52. The molecule has 0 saturated carbocycles. The molecule has 0 radical (unpaired) electrons. The van der Waals surface area contributed by atoms with E-state index in [1.54, 1.807) is 52.8 Å². The van der Waals surface area contributed by atoms with Gasteiger partial charge in [-0.2, -0.15) is 8.78 Å². The monoisotopic (exact) mass is 924 g/mol. The number of nitrogens with one attached hydrogen (secondary N) is 4. The first-order valence-electron chi connectivity index (χ1n) is 22.6. The van der Waals surface area contributed by atoms with E-state index in [0.29, 0.717) is 18.5 Å². The molecule has 3 heterocycles. The summed E-state index contributed by atoms with van der Waals surface area (Å²) in [6.07, 6.45) is 2.37. The van der Waals surface area contributed by atoms with E-state index < -0.39 is 95.5 Å². The van der Waals surface area contributed by atoms with Crippen molar-refractivity contribution in [3.63, 3.8) is 0 Å². The second-order valence-electron chi connectivity index (χ2n) is 17.8. The molecular weight excluding hydrogens is 867 g/mol. The lowest BCUT2D eigenvalue weighted by Gasteiger charge is -2.32. The highest BCUT2D eigenvalue weighted by atomic mass is 19.3. The van der Waals surface area contributed by atoms with Gasteiger partial charge in [0.25, 0.3) is 11.8 Å². The van der Waals surface area contributed by atoms with Crippen molar-refractivity contribution in [2.24, 2.45) is 11.8 Å². The van der Waals surface area contributed by atoms with E-state index in [-0.39, 0.29) is 38.0 Å². The van der Waals surface area contributed by atoms with Crippen LogP contribution in [0.2, 0.25) is 0 Å². The van der Waals surface area contributed by atoms with E-state index in [2.05, 4.69) is 31.2 Å². The van der Waals surface area contributed by atoms with Gasteiger partial charge in [0.2, 0.25) is 23.5 Å². The average Bonchev–Trinajstić information content (AvgIpc) is 3.75. The molecule has 4 aromatic rings. The predicted molar refractivity (Wildman–Crippen MR) is 243 cm³/mol. The highest BCUT2D eigenvalue weighted by molar-refractivity contribution is 6.11. The Balaban J connectivity index is 1.21. The Kier molecular flexibility index (Phi) is 16.0. The van der Waals surface area contributed by atoms with Gasteiger partial charge in [0.05, 0.1) is 24.8 Å². The van der Waals surface area contributed by atoms with Crippen LogP contribution < -0.4 is 21.3 Å². The third-order valence-electron chi connectivity index (χ3n) is 12.2. The number of carbonyl (C=O) groups excluding carboxylic acids is 7. The molecule has 0 aliphatic carbocycles. The Bertz CT molecular complexity index is 2470. The number of amides is 6. The van der Waals surface area contributed by atoms with Crippen molar-refractivity contribution in [3.05, 3.63) is 108 Å². The number of benzene rings is 3. The van der Waals surface area contributed by atoms with Crippen LogP contribution in [-0.2, 0) is 41.7 Å². The third kappa shape index (κ3) is 11.8. The van der Waals surface area contributed by atoms with Crippen molar-refractivity contribution < 1.29 is 47.1 Å². The minimum atomic E-state index is -4.57. The van der Waals surface area contributed by atoms with Crippen LogP contribution in [0.1, 0.15) is 94.0 Å². The van der Waals surface area contributed by atoms with Crippen molar-refractivity contribution >= 4 is 52.2 Å². The fraction of sp³-hybridized carbons (Fsp3) is 0.449. The first-order valence-corrected chi connectivity index (χ1v) is 22.6. The van der Waals surface area contributed by atoms with Gasteiger partial charge in [-0.15, -0.1) is 0 Å². The van der Waals surface area contributed by atoms with Gasteiger partial charge >= 0.3 is 12.0 Å². The SMILES string of the molecule is CCC[C@H](NC(=O)[C@@H]1C[C@@H](OC(=O)N2CCc3ccccc3C2)CN1C(=O)[C@@H](NC(=O)[C@@H](NC(=O)c1cnccn1)C(C)C)C(C)C)C(=O)C(F)(F)C(=O)N[C@@H](C)c1ccc2ccccc2c1. The van der Waals surface area contributed by atoms with E-state index in [1.807, 2.05) is 48.5 Å². The molecular formula is C49H58F2N8O8. The minimum Gasteiger partial charge on any atom is -0.444 e. The molecule has 1 aromatic heterocycles. The van der Waals surface area contributed by atoms with E-state index in [9.17, 15) is 33.6 Å². The van der Waals surface area contributed by atoms with Crippen LogP contribution in [0.3, 0.4) is 0 Å². The number of rotatable bonds is 17. The summed E-state index contributed by atoms with van der Waals surface area (Å²) in [6, 6.07) is 13.6. The Morgan fingerprint density at radius 1 is 0.821 bits per heavy atom. The number of ether oxygens (including phenoxy) is 1. The summed E-state index contributed by atoms with van der Waals surface area (Å²) >= 11 is 0. The maximum Gasteiger partial charge on any atom is 0.410 e. The summed E-state index contributed by atoms with van der Waals surface area (Å²) < 4.78 is 37.8. The van der Waals surface area contributed by atoms with Crippen molar-refractivity contribution in [2.75, 3.05) is 13.1 Å². The lowest BCUT2D eigenvalue weighted by molar-refractivity contribution is -0.161. The standard InChI is InChI=1S/C49H58F2N8O8/c1-7-12-37(42(60)49(50,51)47(65)54-30(6)33-18-17-31-13-8-10-15-34(31)23-33)55-44(62)39-24-36(67-48(66)58-22-19-32-14-9-11-16-35(32)26-58)27-59(39)46(64)41(29(4)5)57-45(63)40(28(2)3)56-43(61)38-25-52-20-21-53-38/h8-11,13-18,20-21,23,25,28-30,36-37,39-41H,7,12,19,22,24,26-27H2,1-6H3,(H,54,65)(H,55,62)(H,56,61)(H,57,63)/t30-,36+,37-,39-,40-,41-/m0/s1. The predicted octanol–water partition coefficient (Wildman–Crippen LogP) is 5.06. The molecule has 6 atom stereocenters. The van der Waals surface area contributed by atoms with Crippen LogP contribution in [0.4, 0.5) is 13.6 Å². The summed E-state index contributed by atoms with van der Waals surface area (Å²) in [7, 11) is 0. The molecule has 356 valence electrons. The summed E-state index contributed by atoms with van der Waals surface area (Å²) in [5.41, 5.74) is 2.53. The van der Waals surface area contributed by atoms with E-state index in [4.69, 9.17) is 4.74 Å². The lowest BCUT2D eigenvalue weighted by atomic mass is 9.98. The molecule has 0 spiro atoms. The van der Waals surface area contributed by atoms with Crippen molar-refractivity contribution in [2.45, 2.75) is 116 Å². The first kappa shape index (κ1) is 49.6. The number of halogens is 2. The fourth-order valence-corrected chi connectivity index (χ4v) is 8.35. The molecule has 2 aliphatic heterocycles. The number of likely N-dealkylation sites (tertiary alicyclic amines) is 1. The molecule has 0 unspecified atom stereocenters. The number of hydrogen-bond acceptors (Lipinski definition) is 10. The van der Waals surface area contributed by atoms with Crippen LogP contribution in [0.25, 0.3) is 10.8 Å². The van der Waals surface area contributed by atoms with Crippen LogP contribution in [-0.4, -0.2) is 110 Å². The van der Waals surface area contributed by atoms with Gasteiger partial charge < -0.3 is 35.8 Å². The Morgan fingerprint density at radius 3 is 2.18 bits per heavy atom. The van der Waals surface area contributed by atoms with E-state index in [1.165, 1.54) is 30.4 Å². The molecule has 16 nitrogen and oxygen atoms in total. The molecule has 6 amide bonds. The zero-order chi connectivity index (χ0) is 48.6. The number of aromatic nitrogens is 2. The second kappa shape index (κ2) is 21.6. The quantitative estimate of drug-likeness (QED) is 0.104. The largest absolute Gasteiger partial charge is 0.444 e. The van der Waals surface area contributed by atoms with Gasteiger partial charge in [-0.3, -0.25) is 33.8 Å². The van der Waals surface area contributed by atoms with Gasteiger partial charge in [-0.05, 0) is 65.1 Å². The maximum absolute atomic E-state index is 15.9. The van der Waals surface area contributed by atoms with Crippen LogP contribution >= 0.6 is 0 Å². The van der Waals surface area contributed by atoms with Crippen LogP contribution in [0.15, 0.2) is 85.3 Å². The summed E-state index contributed by atoms with van der Waals surface area (Å²) in [5.74, 6) is -12.5. The number of carbonyl (C=O) groups is 7. The number of nitrogens with zero attached hydrogens (tertiary/aromatic N) is 4. The topological polar surface area (TPSA) is 209 Å². The van der Waals surface area contributed by atoms with E-state index in [0.717, 1.165) is 26.8 Å². The first-order chi connectivity index (χ1) is 31.9. The maximum atomic E-state index is 15.9. The molecule has 1 fully saturated rings. The normalized spacial score (nSPS) is 17.8. The smallest absolute Gasteiger partial charge is 0.410 e. The molecule has 67 heavy (non-hydrogen) atoms. The Labute approximate surface area is 388 Å².